The van der Waals surface area contributed by atoms with Crippen molar-refractivity contribution in [2.24, 2.45) is 0 Å². The van der Waals surface area contributed by atoms with Gasteiger partial charge in [0.05, 0.1) is 37.1 Å². The maximum absolute atomic E-state index is 12.7. The summed E-state index contributed by atoms with van der Waals surface area (Å²) in [4.78, 5) is 31.2. The van der Waals surface area contributed by atoms with Crippen molar-refractivity contribution < 1.29 is 19.4 Å². The summed E-state index contributed by atoms with van der Waals surface area (Å²) in [5, 5.41) is 22.0. The smallest absolute Gasteiger partial charge is 0.337 e. The molecule has 0 spiro atoms. The van der Waals surface area contributed by atoms with Crippen molar-refractivity contribution in [1.29, 1.82) is 5.26 Å². The zero-order chi connectivity index (χ0) is 20.8. The quantitative estimate of drug-likeness (QED) is 0.664. The predicted molar refractivity (Wildman–Crippen MR) is 106 cm³/mol. The average molecular weight is 410 g/mol. The van der Waals surface area contributed by atoms with Crippen molar-refractivity contribution in [1.82, 2.24) is 9.88 Å². The summed E-state index contributed by atoms with van der Waals surface area (Å²) < 4.78 is 4.80. The molecule has 0 bridgehead atoms. The number of nitrogens with zero attached hydrogens (tertiary/aromatic N) is 3. The molecule has 2 heterocycles. The Bertz CT molecular complexity index is 1020. The number of aliphatic hydroxyl groups is 1. The van der Waals surface area contributed by atoms with Crippen LogP contribution < -0.4 is 5.32 Å². The molecule has 1 amide bonds. The van der Waals surface area contributed by atoms with Gasteiger partial charge in [-0.1, -0.05) is 23.9 Å². The molecule has 2 aromatic rings. The molecule has 9 heteroatoms. The third-order valence-corrected chi connectivity index (χ3v) is 5.29. The number of para-hydroxylation sites is 1. The minimum atomic E-state index is -0.608. The molecular formula is C20H18N4O4S. The van der Waals surface area contributed by atoms with Crippen LogP contribution in [0.1, 0.15) is 5.56 Å². The lowest BCUT2D eigenvalue weighted by molar-refractivity contribution is -0.136. The minimum absolute atomic E-state index is 0.0581. The van der Waals surface area contributed by atoms with Gasteiger partial charge in [-0.15, -0.1) is 0 Å². The molecule has 1 aromatic carbocycles. The highest BCUT2D eigenvalue weighted by molar-refractivity contribution is 7.99. The maximum atomic E-state index is 12.7. The molecule has 2 N–H and O–H groups in total. The van der Waals surface area contributed by atoms with Crippen LogP contribution in [0, 0.1) is 11.3 Å². The van der Waals surface area contributed by atoms with Crippen molar-refractivity contribution >= 4 is 29.3 Å². The van der Waals surface area contributed by atoms with Crippen molar-refractivity contribution in [2.45, 2.75) is 9.92 Å². The SMILES string of the molecule is COC(=O)C1=C(Nc2ccccc2Sc2ncccc2C#N)C(=O)N(CCO)C1. The molecule has 8 nitrogen and oxygen atoms in total. The summed E-state index contributed by atoms with van der Waals surface area (Å²) in [7, 11) is 1.25. The molecule has 29 heavy (non-hydrogen) atoms. The van der Waals surface area contributed by atoms with Gasteiger partial charge >= 0.3 is 5.97 Å². The van der Waals surface area contributed by atoms with E-state index in [0.29, 0.717) is 16.3 Å². The van der Waals surface area contributed by atoms with E-state index in [0.717, 1.165) is 4.90 Å². The first-order valence-electron chi connectivity index (χ1n) is 8.69. The topological polar surface area (TPSA) is 116 Å². The van der Waals surface area contributed by atoms with Crippen molar-refractivity contribution in [3.05, 3.63) is 59.4 Å². The van der Waals surface area contributed by atoms with Gasteiger partial charge in [0.15, 0.2) is 0 Å². The molecule has 0 saturated carbocycles. The predicted octanol–water partition coefficient (Wildman–Crippen LogP) is 1.78. The van der Waals surface area contributed by atoms with E-state index < -0.39 is 11.9 Å². The molecule has 0 radical (unpaired) electrons. The van der Waals surface area contributed by atoms with Crippen LogP contribution in [0.2, 0.25) is 0 Å². The Kier molecular flexibility index (Phi) is 6.49. The third kappa shape index (κ3) is 4.39. The Balaban J connectivity index is 1.94. The van der Waals surface area contributed by atoms with Gasteiger partial charge in [0.2, 0.25) is 0 Å². The number of pyridine rings is 1. The molecule has 0 fully saturated rings. The second-order valence-corrected chi connectivity index (χ2v) is 7.02. The van der Waals surface area contributed by atoms with E-state index in [2.05, 4.69) is 16.4 Å². The second-order valence-electron chi connectivity index (χ2n) is 5.99. The van der Waals surface area contributed by atoms with Crippen molar-refractivity contribution in [3.63, 3.8) is 0 Å². The van der Waals surface area contributed by atoms with Crippen LogP contribution in [0.5, 0.6) is 0 Å². The molecule has 0 atom stereocenters. The molecule has 148 valence electrons. The van der Waals surface area contributed by atoms with Crippen LogP contribution in [-0.2, 0) is 14.3 Å². The lowest BCUT2D eigenvalue weighted by atomic mass is 10.2. The van der Waals surface area contributed by atoms with Gasteiger partial charge in [-0.3, -0.25) is 4.79 Å². The molecule has 0 aliphatic carbocycles. The van der Waals surface area contributed by atoms with Gasteiger partial charge < -0.3 is 20.1 Å². The summed E-state index contributed by atoms with van der Waals surface area (Å²) in [5.41, 5.74) is 1.33. The Morgan fingerprint density at radius 1 is 1.38 bits per heavy atom. The monoisotopic (exact) mass is 410 g/mol. The fourth-order valence-electron chi connectivity index (χ4n) is 2.80. The maximum Gasteiger partial charge on any atom is 0.337 e. The van der Waals surface area contributed by atoms with Crippen molar-refractivity contribution in [3.8, 4) is 6.07 Å². The number of nitriles is 1. The molecule has 3 rings (SSSR count). The molecule has 1 aliphatic rings. The number of carbonyl (C=O) groups excluding carboxylic acids is 2. The number of anilines is 1. The largest absolute Gasteiger partial charge is 0.466 e. The van der Waals surface area contributed by atoms with Crippen LogP contribution in [-0.4, -0.2) is 53.7 Å². The number of amides is 1. The van der Waals surface area contributed by atoms with E-state index in [4.69, 9.17) is 4.74 Å². The zero-order valence-electron chi connectivity index (χ0n) is 15.6. The number of esters is 1. The number of aromatic nitrogens is 1. The summed E-state index contributed by atoms with van der Waals surface area (Å²) in [5.74, 6) is -1.00. The van der Waals surface area contributed by atoms with E-state index in [9.17, 15) is 20.0 Å². The summed E-state index contributed by atoms with van der Waals surface area (Å²) in [6.45, 7) is -0.0422. The second kappa shape index (κ2) is 9.23. The Labute approximate surface area is 171 Å². The number of methoxy groups -OCH3 is 1. The lowest BCUT2D eigenvalue weighted by Crippen LogP contribution is -2.31. The first-order chi connectivity index (χ1) is 14.1. The van der Waals surface area contributed by atoms with Crippen LogP contribution in [0.25, 0.3) is 0 Å². The Hall–Kier alpha value is -3.35. The van der Waals surface area contributed by atoms with E-state index in [1.54, 1.807) is 30.5 Å². The number of aliphatic hydroxyl groups excluding tert-OH is 1. The average Bonchev–Trinajstić information content (AvgIpc) is 3.05. The van der Waals surface area contributed by atoms with E-state index in [1.807, 2.05) is 12.1 Å². The number of hydrogen-bond donors (Lipinski definition) is 2. The lowest BCUT2D eigenvalue weighted by Gasteiger charge is -2.16. The van der Waals surface area contributed by atoms with Crippen molar-refractivity contribution in [2.75, 3.05) is 32.1 Å². The fourth-order valence-corrected chi connectivity index (χ4v) is 3.73. The van der Waals surface area contributed by atoms with Gasteiger partial charge in [-0.25, -0.2) is 9.78 Å². The van der Waals surface area contributed by atoms with Crippen LogP contribution in [0.4, 0.5) is 5.69 Å². The highest BCUT2D eigenvalue weighted by Crippen LogP contribution is 2.35. The first kappa shape index (κ1) is 20.4. The summed E-state index contributed by atoms with van der Waals surface area (Å²) in [6, 6.07) is 12.7. The number of rotatable bonds is 7. The molecule has 0 saturated heterocycles. The number of benzene rings is 1. The number of ether oxygens (including phenoxy) is 1. The van der Waals surface area contributed by atoms with Gasteiger partial charge in [-0.05, 0) is 24.3 Å². The Morgan fingerprint density at radius 2 is 2.17 bits per heavy atom. The Morgan fingerprint density at radius 3 is 2.90 bits per heavy atom. The van der Waals surface area contributed by atoms with E-state index >= 15 is 0 Å². The molecular weight excluding hydrogens is 392 g/mol. The van der Waals surface area contributed by atoms with Crippen LogP contribution in [0.3, 0.4) is 0 Å². The molecule has 1 aliphatic heterocycles. The number of hydrogen-bond acceptors (Lipinski definition) is 8. The molecule has 1 aromatic heterocycles. The van der Waals surface area contributed by atoms with Gasteiger partial charge in [0.1, 0.15) is 16.8 Å². The minimum Gasteiger partial charge on any atom is -0.466 e. The van der Waals surface area contributed by atoms with Gasteiger partial charge in [0, 0.05) is 17.6 Å². The highest BCUT2D eigenvalue weighted by Gasteiger charge is 2.34. The standard InChI is InChI=1S/C20H18N4O4S/c1-28-20(27)14-12-24(9-10-25)19(26)17(14)23-15-6-2-3-7-16(15)29-18-13(11-21)5-4-8-22-18/h2-8,23,25H,9-10,12H2,1H3. The summed E-state index contributed by atoms with van der Waals surface area (Å²) in [6.07, 6.45) is 1.60. The van der Waals surface area contributed by atoms with Crippen LogP contribution in [0.15, 0.2) is 63.8 Å². The number of nitrogens with one attached hydrogen (secondary N) is 1. The molecule has 0 unspecified atom stereocenters. The first-order valence-corrected chi connectivity index (χ1v) is 9.51. The highest BCUT2D eigenvalue weighted by atomic mass is 32.2. The van der Waals surface area contributed by atoms with E-state index in [1.165, 1.54) is 23.8 Å². The third-order valence-electron chi connectivity index (χ3n) is 4.20. The van der Waals surface area contributed by atoms with E-state index in [-0.39, 0.29) is 31.0 Å². The summed E-state index contributed by atoms with van der Waals surface area (Å²) >= 11 is 1.28. The van der Waals surface area contributed by atoms with Crippen LogP contribution >= 0.6 is 11.8 Å². The van der Waals surface area contributed by atoms with Gasteiger partial charge in [-0.2, -0.15) is 5.26 Å². The van der Waals surface area contributed by atoms with Gasteiger partial charge in [0.25, 0.3) is 5.91 Å². The fraction of sp³-hybridized carbons (Fsp3) is 0.200. The number of carbonyl (C=O) groups is 2. The normalized spacial score (nSPS) is 13.4. The number of β-amino-alcohol motifs (C(OH)–C–C–N with tert-alkyl or cyclic N) is 1. The zero-order valence-corrected chi connectivity index (χ0v) is 16.4.